The molecular formula is C10H12ClFN2O2. The lowest BCUT2D eigenvalue weighted by molar-refractivity contribution is 0.305. The minimum absolute atomic E-state index is 0.147. The highest BCUT2D eigenvalue weighted by Gasteiger charge is 2.03. The Labute approximate surface area is 97.5 Å². The van der Waals surface area contributed by atoms with Crippen LogP contribution in [0.4, 0.5) is 4.39 Å². The summed E-state index contributed by atoms with van der Waals surface area (Å²) in [5, 5.41) is 11.3. The molecule has 3 N–H and O–H groups in total. The highest BCUT2D eigenvalue weighted by molar-refractivity contribution is 6.32. The molecular weight excluding hydrogens is 235 g/mol. The molecule has 1 rings (SSSR count). The third kappa shape index (κ3) is 3.94. The van der Waals surface area contributed by atoms with E-state index in [1.165, 1.54) is 18.2 Å². The molecule has 0 bridgehead atoms. The Bertz CT molecular complexity index is 385. The van der Waals surface area contributed by atoms with E-state index >= 15 is 0 Å². The van der Waals surface area contributed by atoms with Crippen molar-refractivity contribution >= 4 is 17.4 Å². The van der Waals surface area contributed by atoms with Gasteiger partial charge in [0, 0.05) is 6.42 Å². The fourth-order valence-corrected chi connectivity index (χ4v) is 1.30. The van der Waals surface area contributed by atoms with E-state index in [4.69, 9.17) is 27.3 Å². The lowest BCUT2D eigenvalue weighted by atomic mass is 10.3. The van der Waals surface area contributed by atoms with Crippen molar-refractivity contribution in [2.45, 2.75) is 12.8 Å². The van der Waals surface area contributed by atoms with Crippen molar-refractivity contribution in [2.24, 2.45) is 10.9 Å². The Morgan fingerprint density at radius 2 is 2.31 bits per heavy atom. The van der Waals surface area contributed by atoms with Crippen molar-refractivity contribution in [3.8, 4) is 5.75 Å². The van der Waals surface area contributed by atoms with Gasteiger partial charge in [-0.25, -0.2) is 4.39 Å². The van der Waals surface area contributed by atoms with Crippen molar-refractivity contribution in [1.82, 2.24) is 0 Å². The smallest absolute Gasteiger partial charge is 0.139 e. The van der Waals surface area contributed by atoms with Crippen LogP contribution < -0.4 is 10.5 Å². The maximum Gasteiger partial charge on any atom is 0.139 e. The first-order valence-corrected chi connectivity index (χ1v) is 5.05. The topological polar surface area (TPSA) is 67.8 Å². The zero-order chi connectivity index (χ0) is 12.0. The van der Waals surface area contributed by atoms with E-state index in [9.17, 15) is 4.39 Å². The number of ether oxygens (including phenoxy) is 1. The molecule has 0 amide bonds. The molecule has 0 unspecified atom stereocenters. The Morgan fingerprint density at radius 3 is 2.94 bits per heavy atom. The van der Waals surface area contributed by atoms with Crippen LogP contribution in [0.1, 0.15) is 12.8 Å². The third-order valence-corrected chi connectivity index (χ3v) is 2.15. The number of rotatable bonds is 5. The Balaban J connectivity index is 2.37. The number of hydrogen-bond acceptors (Lipinski definition) is 3. The molecule has 0 saturated heterocycles. The Kier molecular flexibility index (Phi) is 4.85. The van der Waals surface area contributed by atoms with E-state index in [0.29, 0.717) is 25.2 Å². The molecule has 0 radical (unpaired) electrons. The second-order valence-corrected chi connectivity index (χ2v) is 3.53. The summed E-state index contributed by atoms with van der Waals surface area (Å²) in [5.74, 6) is 0.158. The van der Waals surface area contributed by atoms with E-state index in [0.717, 1.165) is 0 Å². The van der Waals surface area contributed by atoms with Crippen molar-refractivity contribution < 1.29 is 14.3 Å². The minimum atomic E-state index is -0.408. The van der Waals surface area contributed by atoms with Gasteiger partial charge < -0.3 is 15.7 Å². The van der Waals surface area contributed by atoms with Crippen LogP contribution in [0.25, 0.3) is 0 Å². The summed E-state index contributed by atoms with van der Waals surface area (Å²) < 4.78 is 18.0. The van der Waals surface area contributed by atoms with Crippen LogP contribution in [-0.4, -0.2) is 17.6 Å². The van der Waals surface area contributed by atoms with Crippen LogP contribution in [0.3, 0.4) is 0 Å². The van der Waals surface area contributed by atoms with Gasteiger partial charge in [0.05, 0.1) is 11.6 Å². The molecule has 0 aliphatic heterocycles. The van der Waals surface area contributed by atoms with Crippen LogP contribution in [0, 0.1) is 5.82 Å². The molecule has 0 fully saturated rings. The summed E-state index contributed by atoms with van der Waals surface area (Å²) in [6, 6.07) is 3.91. The quantitative estimate of drug-likeness (QED) is 0.276. The Morgan fingerprint density at radius 1 is 1.56 bits per heavy atom. The normalized spacial score (nSPS) is 11.5. The predicted molar refractivity (Wildman–Crippen MR) is 59.5 cm³/mol. The maximum absolute atomic E-state index is 12.7. The van der Waals surface area contributed by atoms with Crippen molar-refractivity contribution in [1.29, 1.82) is 0 Å². The van der Waals surface area contributed by atoms with Gasteiger partial charge in [-0.2, -0.15) is 0 Å². The molecule has 16 heavy (non-hydrogen) atoms. The minimum Gasteiger partial charge on any atom is -0.492 e. The molecule has 0 aliphatic rings. The van der Waals surface area contributed by atoms with Gasteiger partial charge in [0.25, 0.3) is 0 Å². The predicted octanol–water partition coefficient (Wildman–Crippen LogP) is 2.38. The van der Waals surface area contributed by atoms with Crippen molar-refractivity contribution in [3.05, 3.63) is 29.0 Å². The molecule has 0 heterocycles. The van der Waals surface area contributed by atoms with Gasteiger partial charge in [-0.1, -0.05) is 16.8 Å². The van der Waals surface area contributed by atoms with E-state index in [1.54, 1.807) is 0 Å². The number of nitrogens with zero attached hydrogens (tertiary/aromatic N) is 1. The number of benzene rings is 1. The van der Waals surface area contributed by atoms with Gasteiger partial charge in [0.2, 0.25) is 0 Å². The van der Waals surface area contributed by atoms with Gasteiger partial charge >= 0.3 is 0 Å². The Hall–Kier alpha value is -1.49. The molecule has 0 spiro atoms. The fraction of sp³-hybridized carbons (Fsp3) is 0.300. The monoisotopic (exact) mass is 246 g/mol. The number of hydrogen-bond donors (Lipinski definition) is 2. The number of amidine groups is 1. The summed E-state index contributed by atoms with van der Waals surface area (Å²) in [6.45, 7) is 0.363. The number of nitrogens with two attached hydrogens (primary N) is 1. The SMILES string of the molecule is N/C(CCCOc1ccc(F)cc1Cl)=N\O. The zero-order valence-electron chi connectivity index (χ0n) is 8.49. The molecule has 0 aliphatic carbocycles. The van der Waals surface area contributed by atoms with E-state index in [2.05, 4.69) is 5.16 Å². The highest BCUT2D eigenvalue weighted by atomic mass is 35.5. The van der Waals surface area contributed by atoms with Gasteiger partial charge in [0.15, 0.2) is 0 Å². The molecule has 4 nitrogen and oxygen atoms in total. The summed E-state index contributed by atoms with van der Waals surface area (Å²) in [4.78, 5) is 0. The fourth-order valence-electron chi connectivity index (χ4n) is 1.08. The van der Waals surface area contributed by atoms with Crippen LogP contribution in [0.15, 0.2) is 23.4 Å². The van der Waals surface area contributed by atoms with Crippen LogP contribution in [-0.2, 0) is 0 Å². The lowest BCUT2D eigenvalue weighted by Crippen LogP contribution is -2.12. The van der Waals surface area contributed by atoms with Gasteiger partial charge in [-0.3, -0.25) is 0 Å². The summed E-state index contributed by atoms with van der Waals surface area (Å²) >= 11 is 5.74. The molecule has 0 aromatic heterocycles. The molecule has 6 heteroatoms. The first kappa shape index (κ1) is 12.6. The molecule has 88 valence electrons. The second kappa shape index (κ2) is 6.17. The van der Waals surface area contributed by atoms with Crippen LogP contribution in [0.5, 0.6) is 5.75 Å². The van der Waals surface area contributed by atoms with Gasteiger partial charge in [0.1, 0.15) is 17.4 Å². The average Bonchev–Trinajstić information content (AvgIpc) is 2.26. The summed E-state index contributed by atoms with van der Waals surface area (Å²) in [7, 11) is 0. The van der Waals surface area contributed by atoms with Crippen molar-refractivity contribution in [3.63, 3.8) is 0 Å². The zero-order valence-corrected chi connectivity index (χ0v) is 9.25. The number of halogens is 2. The summed E-state index contributed by atoms with van der Waals surface area (Å²) in [6.07, 6.45) is 1.01. The molecule has 1 aromatic rings. The maximum atomic E-state index is 12.7. The molecule has 0 atom stereocenters. The molecule has 0 saturated carbocycles. The van der Waals surface area contributed by atoms with Crippen LogP contribution >= 0.6 is 11.6 Å². The first-order valence-electron chi connectivity index (χ1n) is 4.67. The van der Waals surface area contributed by atoms with E-state index in [1.807, 2.05) is 0 Å². The largest absolute Gasteiger partial charge is 0.492 e. The second-order valence-electron chi connectivity index (χ2n) is 3.12. The van der Waals surface area contributed by atoms with E-state index < -0.39 is 5.82 Å². The highest BCUT2D eigenvalue weighted by Crippen LogP contribution is 2.24. The van der Waals surface area contributed by atoms with Crippen LogP contribution in [0.2, 0.25) is 5.02 Å². The van der Waals surface area contributed by atoms with E-state index in [-0.39, 0.29) is 10.9 Å². The molecule has 1 aromatic carbocycles. The number of oxime groups is 1. The standard InChI is InChI=1S/C10H12ClFN2O2/c11-8-6-7(12)3-4-9(8)16-5-1-2-10(13)14-15/h3-4,6,15H,1-2,5H2,(H2,13,14). The van der Waals surface area contributed by atoms with Crippen molar-refractivity contribution in [2.75, 3.05) is 6.61 Å². The van der Waals surface area contributed by atoms with Gasteiger partial charge in [-0.15, -0.1) is 0 Å². The summed E-state index contributed by atoms with van der Waals surface area (Å²) in [5.41, 5.74) is 5.27. The first-order chi connectivity index (χ1) is 7.63. The lowest BCUT2D eigenvalue weighted by Gasteiger charge is -2.07. The third-order valence-electron chi connectivity index (χ3n) is 1.86. The average molecular weight is 247 g/mol. The van der Waals surface area contributed by atoms with Gasteiger partial charge in [-0.05, 0) is 24.6 Å².